The van der Waals surface area contributed by atoms with E-state index in [4.69, 9.17) is 11.6 Å². The van der Waals surface area contributed by atoms with Crippen molar-refractivity contribution in [3.8, 4) is 0 Å². The fourth-order valence-electron chi connectivity index (χ4n) is 4.43. The van der Waals surface area contributed by atoms with Gasteiger partial charge in [0.15, 0.2) is 5.78 Å². The Kier molecular flexibility index (Phi) is 4.93. The lowest BCUT2D eigenvalue weighted by Gasteiger charge is -2.24. The van der Waals surface area contributed by atoms with Gasteiger partial charge in [-0.15, -0.1) is 0 Å². The third-order valence-corrected chi connectivity index (χ3v) is 6.50. The largest absolute Gasteiger partial charge is 0.347 e. The molecule has 7 heteroatoms. The predicted molar refractivity (Wildman–Crippen MR) is 120 cm³/mol. The molecule has 2 aliphatic rings. The molecule has 0 spiro atoms. The molecule has 1 saturated heterocycles. The number of hydrogen-bond acceptors (Lipinski definition) is 4. The SMILES string of the molecule is CN1/C(=C\C(=O)CN2C(=O)NC(C)(c3ccc(Cl)cc3)C2=O)C(C)(C)c2ccccc21. The van der Waals surface area contributed by atoms with E-state index in [1.54, 1.807) is 37.3 Å². The summed E-state index contributed by atoms with van der Waals surface area (Å²) in [7, 11) is 1.91. The molecule has 1 unspecified atom stereocenters. The van der Waals surface area contributed by atoms with Crippen LogP contribution in [0.2, 0.25) is 5.02 Å². The number of rotatable bonds is 4. The summed E-state index contributed by atoms with van der Waals surface area (Å²) in [6.07, 6.45) is 1.54. The number of likely N-dealkylation sites (N-methyl/N-ethyl adjacent to an activating group) is 1. The van der Waals surface area contributed by atoms with Crippen molar-refractivity contribution in [2.45, 2.75) is 31.7 Å². The first-order chi connectivity index (χ1) is 14.6. The number of amides is 3. The smallest absolute Gasteiger partial charge is 0.325 e. The number of hydrogen-bond donors (Lipinski definition) is 1. The number of carbonyl (C=O) groups excluding carboxylic acids is 3. The number of nitrogens with one attached hydrogen (secondary N) is 1. The van der Waals surface area contributed by atoms with Gasteiger partial charge in [0, 0.05) is 34.9 Å². The van der Waals surface area contributed by atoms with E-state index in [9.17, 15) is 14.4 Å². The van der Waals surface area contributed by atoms with Crippen molar-refractivity contribution >= 4 is 35.0 Å². The molecule has 2 heterocycles. The number of allylic oxidation sites excluding steroid dienone is 1. The van der Waals surface area contributed by atoms with E-state index in [2.05, 4.69) is 19.2 Å². The highest BCUT2D eigenvalue weighted by Gasteiger charge is 2.49. The van der Waals surface area contributed by atoms with Gasteiger partial charge in [-0.1, -0.05) is 55.8 Å². The molecule has 0 bridgehead atoms. The van der Waals surface area contributed by atoms with Gasteiger partial charge in [-0.2, -0.15) is 0 Å². The van der Waals surface area contributed by atoms with Crippen LogP contribution in [-0.4, -0.2) is 36.2 Å². The van der Waals surface area contributed by atoms with Crippen molar-refractivity contribution in [2.24, 2.45) is 0 Å². The van der Waals surface area contributed by atoms with Gasteiger partial charge in [0.25, 0.3) is 5.91 Å². The van der Waals surface area contributed by atoms with Crippen molar-refractivity contribution < 1.29 is 14.4 Å². The van der Waals surface area contributed by atoms with Crippen LogP contribution in [0.5, 0.6) is 0 Å². The number of para-hydroxylation sites is 1. The van der Waals surface area contributed by atoms with Crippen LogP contribution in [0.3, 0.4) is 0 Å². The van der Waals surface area contributed by atoms with Crippen molar-refractivity contribution in [3.63, 3.8) is 0 Å². The van der Waals surface area contributed by atoms with Crippen LogP contribution in [0.15, 0.2) is 60.3 Å². The Bertz CT molecular complexity index is 1120. The number of carbonyl (C=O) groups is 3. The molecule has 160 valence electrons. The third kappa shape index (κ3) is 3.31. The summed E-state index contributed by atoms with van der Waals surface area (Å²) < 4.78 is 0. The quantitative estimate of drug-likeness (QED) is 0.580. The maximum Gasteiger partial charge on any atom is 0.325 e. The van der Waals surface area contributed by atoms with Gasteiger partial charge in [-0.3, -0.25) is 14.5 Å². The van der Waals surface area contributed by atoms with Gasteiger partial charge < -0.3 is 10.2 Å². The summed E-state index contributed by atoms with van der Waals surface area (Å²) in [6.45, 7) is 5.42. The minimum Gasteiger partial charge on any atom is -0.347 e. The number of nitrogens with zero attached hydrogens (tertiary/aromatic N) is 2. The monoisotopic (exact) mass is 437 g/mol. The topological polar surface area (TPSA) is 69.7 Å². The lowest BCUT2D eigenvalue weighted by Crippen LogP contribution is -2.41. The van der Waals surface area contributed by atoms with Crippen LogP contribution >= 0.6 is 11.6 Å². The van der Waals surface area contributed by atoms with Crippen molar-refractivity contribution in [1.82, 2.24) is 10.2 Å². The number of anilines is 1. The first-order valence-corrected chi connectivity index (χ1v) is 10.4. The molecule has 4 rings (SSSR count). The van der Waals surface area contributed by atoms with Gasteiger partial charge in [0.2, 0.25) is 0 Å². The fraction of sp³-hybridized carbons (Fsp3) is 0.292. The van der Waals surface area contributed by atoms with E-state index in [-0.39, 0.29) is 17.7 Å². The average molecular weight is 438 g/mol. The molecule has 2 aliphatic heterocycles. The van der Waals surface area contributed by atoms with Crippen molar-refractivity contribution in [2.75, 3.05) is 18.5 Å². The van der Waals surface area contributed by atoms with E-state index in [0.717, 1.165) is 21.8 Å². The minimum atomic E-state index is -1.24. The van der Waals surface area contributed by atoms with E-state index >= 15 is 0 Å². The average Bonchev–Trinajstić information content (AvgIpc) is 3.06. The Balaban J connectivity index is 1.57. The predicted octanol–water partition coefficient (Wildman–Crippen LogP) is 3.99. The molecule has 2 aromatic rings. The molecule has 0 radical (unpaired) electrons. The Morgan fingerprint density at radius 2 is 1.71 bits per heavy atom. The number of ketones is 1. The van der Waals surface area contributed by atoms with Crippen LogP contribution in [0.4, 0.5) is 10.5 Å². The van der Waals surface area contributed by atoms with E-state index < -0.39 is 17.5 Å². The highest BCUT2D eigenvalue weighted by molar-refractivity contribution is 6.30. The maximum absolute atomic E-state index is 13.1. The van der Waals surface area contributed by atoms with Gasteiger partial charge in [-0.25, -0.2) is 4.79 Å². The Labute approximate surface area is 186 Å². The Hall–Kier alpha value is -3.12. The molecule has 0 saturated carbocycles. The zero-order chi connectivity index (χ0) is 22.6. The molecule has 31 heavy (non-hydrogen) atoms. The Morgan fingerprint density at radius 1 is 1.06 bits per heavy atom. The number of benzene rings is 2. The lowest BCUT2D eigenvalue weighted by atomic mass is 9.83. The second kappa shape index (κ2) is 7.24. The zero-order valence-electron chi connectivity index (χ0n) is 17.9. The van der Waals surface area contributed by atoms with Gasteiger partial charge >= 0.3 is 6.03 Å². The second-order valence-corrected chi connectivity index (χ2v) is 9.09. The second-order valence-electron chi connectivity index (χ2n) is 8.65. The number of imide groups is 1. The highest BCUT2D eigenvalue weighted by atomic mass is 35.5. The summed E-state index contributed by atoms with van der Waals surface area (Å²) in [6, 6.07) is 14.1. The summed E-state index contributed by atoms with van der Waals surface area (Å²) in [5.74, 6) is -0.777. The van der Waals surface area contributed by atoms with Crippen LogP contribution in [0, 0.1) is 0 Å². The van der Waals surface area contributed by atoms with Gasteiger partial charge in [-0.05, 0) is 36.2 Å². The van der Waals surface area contributed by atoms with Crippen LogP contribution < -0.4 is 10.2 Å². The van der Waals surface area contributed by atoms with E-state index in [1.807, 2.05) is 36.2 Å². The normalized spacial score (nSPS) is 23.3. The van der Waals surface area contributed by atoms with Gasteiger partial charge in [0.05, 0.1) is 6.54 Å². The Morgan fingerprint density at radius 3 is 2.35 bits per heavy atom. The third-order valence-electron chi connectivity index (χ3n) is 6.25. The number of fused-ring (bicyclic) bond motifs is 1. The first kappa shape index (κ1) is 21.1. The van der Waals surface area contributed by atoms with Crippen LogP contribution in [0.1, 0.15) is 31.9 Å². The molecule has 0 aromatic heterocycles. The molecule has 2 aromatic carbocycles. The number of halogens is 1. The highest BCUT2D eigenvalue weighted by Crippen LogP contribution is 2.46. The summed E-state index contributed by atoms with van der Waals surface area (Å²) >= 11 is 5.94. The van der Waals surface area contributed by atoms with E-state index in [0.29, 0.717) is 10.6 Å². The molecule has 6 nitrogen and oxygen atoms in total. The first-order valence-electron chi connectivity index (χ1n) is 10.0. The lowest BCUT2D eigenvalue weighted by molar-refractivity contribution is -0.133. The fourth-order valence-corrected chi connectivity index (χ4v) is 4.56. The molecule has 1 atom stereocenters. The molecule has 3 amide bonds. The standard InChI is InChI=1S/C24H24ClN3O3/c1-23(2)18-7-5-6-8-19(18)27(4)20(23)13-17(29)14-28-21(30)24(3,26-22(28)31)15-9-11-16(25)12-10-15/h5-13H,14H2,1-4H3,(H,26,31)/b20-13-. The maximum atomic E-state index is 13.1. The summed E-state index contributed by atoms with van der Waals surface area (Å²) in [4.78, 5) is 41.5. The number of urea groups is 1. The molecular formula is C24H24ClN3O3. The van der Waals surface area contributed by atoms with Gasteiger partial charge in [0.1, 0.15) is 5.54 Å². The van der Waals surface area contributed by atoms with E-state index in [1.165, 1.54) is 0 Å². The molecule has 0 aliphatic carbocycles. The summed E-state index contributed by atoms with van der Waals surface area (Å²) in [5, 5.41) is 3.25. The van der Waals surface area contributed by atoms with Crippen LogP contribution in [0.25, 0.3) is 0 Å². The molecule has 1 fully saturated rings. The van der Waals surface area contributed by atoms with Crippen molar-refractivity contribution in [1.29, 1.82) is 0 Å². The van der Waals surface area contributed by atoms with Crippen molar-refractivity contribution in [3.05, 3.63) is 76.5 Å². The summed E-state index contributed by atoms with van der Waals surface area (Å²) in [5.41, 5.74) is 1.99. The molecular weight excluding hydrogens is 414 g/mol. The van der Waals surface area contributed by atoms with Crippen LogP contribution in [-0.2, 0) is 20.5 Å². The minimum absolute atomic E-state index is 0.313. The molecule has 1 N–H and O–H groups in total. The zero-order valence-corrected chi connectivity index (χ0v) is 18.7.